The predicted octanol–water partition coefficient (Wildman–Crippen LogP) is 3.18. The predicted molar refractivity (Wildman–Crippen MR) is 78.8 cm³/mol. The second-order valence-corrected chi connectivity index (χ2v) is 5.26. The van der Waals surface area contributed by atoms with Gasteiger partial charge < -0.3 is 4.42 Å². The molecule has 0 radical (unpaired) electrons. The van der Waals surface area contributed by atoms with Crippen molar-refractivity contribution in [2.45, 2.75) is 27.2 Å². The maximum atomic E-state index is 12.4. The molecule has 106 valence electrons. The highest BCUT2D eigenvalue weighted by molar-refractivity contribution is 6.24. The van der Waals surface area contributed by atoms with Crippen LogP contribution in [0.4, 0.5) is 0 Å². The second kappa shape index (κ2) is 4.81. The summed E-state index contributed by atoms with van der Waals surface area (Å²) in [6.45, 7) is 5.07. The minimum Gasteiger partial charge on any atom is -0.440 e. The van der Waals surface area contributed by atoms with Gasteiger partial charge in [-0.15, -0.1) is 0 Å². The van der Waals surface area contributed by atoms with Crippen LogP contribution in [-0.4, -0.2) is 16.6 Å². The van der Waals surface area contributed by atoms with Gasteiger partial charge in [0.15, 0.2) is 23.0 Å². The Morgan fingerprint density at radius 3 is 2.33 bits per heavy atom. The van der Waals surface area contributed by atoms with Crippen LogP contribution in [-0.2, 0) is 16.0 Å². The molecule has 0 N–H and O–H groups in total. The Hall–Kier alpha value is -2.49. The van der Waals surface area contributed by atoms with Crippen molar-refractivity contribution in [3.63, 3.8) is 0 Å². The number of allylic oxidation sites excluding steroid dienone is 4. The van der Waals surface area contributed by atoms with Gasteiger partial charge in [-0.3, -0.25) is 9.59 Å². The molecule has 0 atom stereocenters. The van der Waals surface area contributed by atoms with Gasteiger partial charge in [0, 0.05) is 22.3 Å². The minimum absolute atomic E-state index is 0.0711. The molecule has 0 saturated carbocycles. The molecule has 1 aliphatic rings. The number of Topliss-reactive ketones (excluding diaryl/α,β-unsaturated/α-hetero) is 2. The number of aromatic nitrogens is 1. The largest absolute Gasteiger partial charge is 0.440 e. The first-order valence-electron chi connectivity index (χ1n) is 6.80. The van der Waals surface area contributed by atoms with Crippen molar-refractivity contribution in [2.75, 3.05) is 0 Å². The lowest BCUT2D eigenvalue weighted by Gasteiger charge is -2.17. The zero-order valence-corrected chi connectivity index (χ0v) is 12.2. The summed E-state index contributed by atoms with van der Waals surface area (Å²) >= 11 is 0. The molecule has 4 nitrogen and oxygen atoms in total. The minimum atomic E-state index is -0.0909. The number of carbonyl (C=O) groups is 2. The Morgan fingerprint density at radius 2 is 1.62 bits per heavy atom. The summed E-state index contributed by atoms with van der Waals surface area (Å²) in [6.07, 6.45) is 0.246. The van der Waals surface area contributed by atoms with E-state index in [0.717, 1.165) is 5.52 Å². The molecule has 4 heteroatoms. The summed E-state index contributed by atoms with van der Waals surface area (Å²) in [7, 11) is 0. The van der Waals surface area contributed by atoms with Gasteiger partial charge in [0.1, 0.15) is 5.52 Å². The van der Waals surface area contributed by atoms with Gasteiger partial charge in [-0.25, -0.2) is 4.98 Å². The van der Waals surface area contributed by atoms with Crippen LogP contribution in [0.1, 0.15) is 26.7 Å². The number of fused-ring (bicyclic) bond motifs is 1. The molecule has 2 aromatic rings. The average Bonchev–Trinajstić information content (AvgIpc) is 2.90. The quantitative estimate of drug-likeness (QED) is 0.793. The highest BCUT2D eigenvalue weighted by atomic mass is 16.3. The number of nitrogens with zero attached hydrogens (tertiary/aromatic N) is 1. The Kier molecular flexibility index (Phi) is 3.09. The summed E-state index contributed by atoms with van der Waals surface area (Å²) in [5.41, 5.74) is 3.45. The number of carbonyl (C=O) groups excluding carboxylic acids is 2. The molecular weight excluding hydrogens is 266 g/mol. The van der Waals surface area contributed by atoms with Crippen LogP contribution in [0.15, 0.2) is 51.0 Å². The molecule has 0 bridgehead atoms. The average molecular weight is 281 g/mol. The number of hydrogen-bond donors (Lipinski definition) is 0. The summed E-state index contributed by atoms with van der Waals surface area (Å²) < 4.78 is 5.64. The highest BCUT2D eigenvalue weighted by Gasteiger charge is 2.28. The van der Waals surface area contributed by atoms with E-state index < -0.39 is 0 Å². The second-order valence-electron chi connectivity index (χ2n) is 5.26. The molecule has 0 aliphatic heterocycles. The molecule has 3 rings (SSSR count). The standard InChI is InChI=1S/C17H15NO3/c1-9-10(2)17(20)12(11(3)16(9)19)8-15-18-13-6-4-5-7-14(13)21-15/h4-7H,8H2,1-3H3. The van der Waals surface area contributed by atoms with Crippen molar-refractivity contribution >= 4 is 22.7 Å². The van der Waals surface area contributed by atoms with Crippen molar-refractivity contribution in [1.82, 2.24) is 4.98 Å². The zero-order chi connectivity index (χ0) is 15.1. The molecule has 1 heterocycles. The fourth-order valence-electron chi connectivity index (χ4n) is 2.52. The van der Waals surface area contributed by atoms with E-state index in [1.807, 2.05) is 24.3 Å². The third kappa shape index (κ3) is 2.13. The van der Waals surface area contributed by atoms with Gasteiger partial charge in [0.05, 0.1) is 6.42 Å². The smallest absolute Gasteiger partial charge is 0.200 e. The lowest BCUT2D eigenvalue weighted by molar-refractivity contribution is -0.116. The fourth-order valence-corrected chi connectivity index (χ4v) is 2.52. The first kappa shape index (κ1) is 13.5. The van der Waals surface area contributed by atoms with E-state index in [4.69, 9.17) is 4.42 Å². The van der Waals surface area contributed by atoms with Gasteiger partial charge in [0.2, 0.25) is 0 Å². The van der Waals surface area contributed by atoms with Crippen molar-refractivity contribution in [2.24, 2.45) is 0 Å². The number of benzene rings is 1. The monoisotopic (exact) mass is 281 g/mol. The van der Waals surface area contributed by atoms with Gasteiger partial charge in [0.25, 0.3) is 0 Å². The van der Waals surface area contributed by atoms with E-state index in [-0.39, 0.29) is 18.0 Å². The van der Waals surface area contributed by atoms with Crippen LogP contribution in [0.2, 0.25) is 0 Å². The van der Waals surface area contributed by atoms with Crippen LogP contribution >= 0.6 is 0 Å². The lowest BCUT2D eigenvalue weighted by atomic mass is 9.84. The van der Waals surface area contributed by atoms with Crippen LogP contribution in [0.25, 0.3) is 11.1 Å². The number of para-hydroxylation sites is 2. The third-order valence-electron chi connectivity index (χ3n) is 3.98. The van der Waals surface area contributed by atoms with E-state index >= 15 is 0 Å². The van der Waals surface area contributed by atoms with Crippen molar-refractivity contribution in [3.05, 3.63) is 52.4 Å². The van der Waals surface area contributed by atoms with E-state index in [9.17, 15) is 9.59 Å². The van der Waals surface area contributed by atoms with E-state index in [1.165, 1.54) is 0 Å². The van der Waals surface area contributed by atoms with Crippen LogP contribution in [0.5, 0.6) is 0 Å². The van der Waals surface area contributed by atoms with Crippen molar-refractivity contribution < 1.29 is 14.0 Å². The highest BCUT2D eigenvalue weighted by Crippen LogP contribution is 2.27. The first-order chi connectivity index (χ1) is 9.99. The first-order valence-corrected chi connectivity index (χ1v) is 6.80. The van der Waals surface area contributed by atoms with Crippen molar-refractivity contribution in [3.8, 4) is 0 Å². The van der Waals surface area contributed by atoms with Gasteiger partial charge in [-0.05, 0) is 32.9 Å². The van der Waals surface area contributed by atoms with E-state index in [2.05, 4.69) is 4.98 Å². The van der Waals surface area contributed by atoms with Crippen LogP contribution in [0.3, 0.4) is 0 Å². The zero-order valence-electron chi connectivity index (χ0n) is 12.2. The number of oxazole rings is 1. The van der Waals surface area contributed by atoms with Gasteiger partial charge in [-0.1, -0.05) is 12.1 Å². The van der Waals surface area contributed by atoms with Crippen molar-refractivity contribution in [1.29, 1.82) is 0 Å². The van der Waals surface area contributed by atoms with Gasteiger partial charge in [-0.2, -0.15) is 0 Å². The molecule has 21 heavy (non-hydrogen) atoms. The number of hydrogen-bond acceptors (Lipinski definition) is 4. The van der Waals surface area contributed by atoms with Crippen LogP contribution < -0.4 is 0 Å². The molecule has 0 saturated heterocycles. The molecule has 0 fully saturated rings. The molecular formula is C17H15NO3. The lowest BCUT2D eigenvalue weighted by Crippen LogP contribution is -2.21. The number of rotatable bonds is 2. The molecule has 0 unspecified atom stereocenters. The Balaban J connectivity index is 2.00. The Bertz CT molecular complexity index is 804. The Labute approximate surface area is 122 Å². The fraction of sp³-hybridized carbons (Fsp3) is 0.235. The van der Waals surface area contributed by atoms with E-state index in [0.29, 0.717) is 33.8 Å². The van der Waals surface area contributed by atoms with E-state index in [1.54, 1.807) is 20.8 Å². The summed E-state index contributed by atoms with van der Waals surface area (Å²) in [4.78, 5) is 28.9. The van der Waals surface area contributed by atoms with Crippen LogP contribution in [0, 0.1) is 0 Å². The van der Waals surface area contributed by atoms with Gasteiger partial charge >= 0.3 is 0 Å². The molecule has 0 amide bonds. The summed E-state index contributed by atoms with van der Waals surface area (Å²) in [5, 5.41) is 0. The summed E-state index contributed by atoms with van der Waals surface area (Å²) in [6, 6.07) is 7.43. The third-order valence-corrected chi connectivity index (χ3v) is 3.98. The normalized spacial score (nSPS) is 16.3. The maximum absolute atomic E-state index is 12.4. The molecule has 1 aromatic carbocycles. The molecule has 1 aliphatic carbocycles. The molecule has 0 spiro atoms. The molecule has 1 aromatic heterocycles. The SMILES string of the molecule is CC1=C(C)C(=O)C(Cc2nc3ccccc3o2)=C(C)C1=O. The topological polar surface area (TPSA) is 60.2 Å². The Morgan fingerprint density at radius 1 is 0.952 bits per heavy atom. The number of ketones is 2. The summed E-state index contributed by atoms with van der Waals surface area (Å²) in [5.74, 6) is 0.295. The maximum Gasteiger partial charge on any atom is 0.200 e.